The molecule has 1 amide bonds. The zero-order chi connectivity index (χ0) is 13.5. The first-order valence-electron chi connectivity index (χ1n) is 6.63. The van der Waals surface area contributed by atoms with Crippen LogP contribution >= 0.6 is 12.4 Å². The molecule has 1 heterocycles. The van der Waals surface area contributed by atoms with Crippen LogP contribution in [0.4, 0.5) is 5.69 Å². The number of amides is 1. The highest BCUT2D eigenvalue weighted by Crippen LogP contribution is 2.16. The van der Waals surface area contributed by atoms with Crippen LogP contribution in [0.3, 0.4) is 0 Å². The van der Waals surface area contributed by atoms with E-state index in [0.29, 0.717) is 19.6 Å². The van der Waals surface area contributed by atoms with Gasteiger partial charge in [-0.15, -0.1) is 12.4 Å². The van der Waals surface area contributed by atoms with Crippen LogP contribution in [0.15, 0.2) is 24.3 Å². The molecule has 0 spiro atoms. The summed E-state index contributed by atoms with van der Waals surface area (Å²) in [5, 5.41) is 6.06. The minimum atomic E-state index is -0.0311. The van der Waals surface area contributed by atoms with E-state index in [4.69, 9.17) is 9.47 Å². The number of hydrogen-bond donors (Lipinski definition) is 2. The minimum Gasteiger partial charge on any atom is -0.494 e. The van der Waals surface area contributed by atoms with Gasteiger partial charge in [-0.3, -0.25) is 4.79 Å². The fourth-order valence-electron chi connectivity index (χ4n) is 1.97. The molecule has 0 saturated carbocycles. The summed E-state index contributed by atoms with van der Waals surface area (Å²) in [6, 6.07) is 7.36. The number of nitrogens with one attached hydrogen (secondary N) is 2. The average molecular weight is 301 g/mol. The lowest BCUT2D eigenvalue weighted by atomic mass is 10.2. The molecule has 20 heavy (non-hydrogen) atoms. The first kappa shape index (κ1) is 16.8. The Labute approximate surface area is 125 Å². The topological polar surface area (TPSA) is 59.6 Å². The number of ether oxygens (including phenoxy) is 2. The monoisotopic (exact) mass is 300 g/mol. The predicted octanol–water partition coefficient (Wildman–Crippen LogP) is 1.82. The molecule has 2 rings (SSSR count). The van der Waals surface area contributed by atoms with Crippen molar-refractivity contribution in [3.63, 3.8) is 0 Å². The maximum atomic E-state index is 11.8. The van der Waals surface area contributed by atoms with Gasteiger partial charge in [0.2, 0.25) is 5.91 Å². The van der Waals surface area contributed by atoms with Crippen LogP contribution in [0.2, 0.25) is 0 Å². The third-order valence-corrected chi connectivity index (χ3v) is 2.87. The van der Waals surface area contributed by atoms with Gasteiger partial charge in [0.05, 0.1) is 25.7 Å². The smallest absolute Gasteiger partial charge is 0.227 e. The lowest BCUT2D eigenvalue weighted by Gasteiger charge is -2.23. The van der Waals surface area contributed by atoms with Crippen LogP contribution in [0.1, 0.15) is 13.3 Å². The molecule has 5 nitrogen and oxygen atoms in total. The summed E-state index contributed by atoms with van der Waals surface area (Å²) in [4.78, 5) is 11.8. The van der Waals surface area contributed by atoms with E-state index in [1.807, 2.05) is 31.2 Å². The van der Waals surface area contributed by atoms with Crippen LogP contribution in [-0.2, 0) is 9.53 Å². The minimum absolute atomic E-state index is 0. The van der Waals surface area contributed by atoms with E-state index in [-0.39, 0.29) is 24.4 Å². The number of hydrogen-bond acceptors (Lipinski definition) is 4. The summed E-state index contributed by atoms with van der Waals surface area (Å²) >= 11 is 0. The first-order chi connectivity index (χ1) is 9.28. The molecule has 6 heteroatoms. The number of halogens is 1. The number of carbonyl (C=O) groups excluding carboxylic acids is 1. The van der Waals surface area contributed by atoms with Gasteiger partial charge in [0.1, 0.15) is 5.75 Å². The molecule has 1 fully saturated rings. The normalized spacial score (nSPS) is 17.9. The second-order valence-electron chi connectivity index (χ2n) is 4.41. The van der Waals surface area contributed by atoms with Crippen LogP contribution < -0.4 is 15.4 Å². The number of carbonyl (C=O) groups is 1. The average Bonchev–Trinajstić information content (AvgIpc) is 2.42. The van der Waals surface area contributed by atoms with Crippen molar-refractivity contribution < 1.29 is 14.3 Å². The zero-order valence-corrected chi connectivity index (χ0v) is 12.4. The van der Waals surface area contributed by atoms with Crippen LogP contribution in [0, 0.1) is 0 Å². The molecule has 1 atom stereocenters. The van der Waals surface area contributed by atoms with E-state index >= 15 is 0 Å². The van der Waals surface area contributed by atoms with Gasteiger partial charge in [-0.25, -0.2) is 0 Å². The largest absolute Gasteiger partial charge is 0.494 e. The maximum absolute atomic E-state index is 11.8. The molecule has 112 valence electrons. The molecule has 1 aromatic rings. The van der Waals surface area contributed by atoms with Crippen molar-refractivity contribution in [2.24, 2.45) is 0 Å². The van der Waals surface area contributed by atoms with Gasteiger partial charge >= 0.3 is 0 Å². The Balaban J connectivity index is 0.00000200. The van der Waals surface area contributed by atoms with E-state index in [1.54, 1.807) is 0 Å². The second kappa shape index (κ2) is 8.79. The maximum Gasteiger partial charge on any atom is 0.227 e. The summed E-state index contributed by atoms with van der Waals surface area (Å²) in [6.45, 7) is 4.83. The van der Waals surface area contributed by atoms with Gasteiger partial charge < -0.3 is 20.1 Å². The highest BCUT2D eigenvalue weighted by atomic mass is 35.5. The molecule has 1 unspecified atom stereocenters. The molecule has 0 bridgehead atoms. The Morgan fingerprint density at radius 1 is 1.45 bits per heavy atom. The summed E-state index contributed by atoms with van der Waals surface area (Å²) in [5.41, 5.74) is 0.775. The summed E-state index contributed by atoms with van der Waals surface area (Å²) < 4.78 is 10.8. The van der Waals surface area contributed by atoms with Gasteiger partial charge in [0.15, 0.2) is 0 Å². The molecular weight excluding hydrogens is 280 g/mol. The highest BCUT2D eigenvalue weighted by Gasteiger charge is 2.17. The molecule has 1 aliphatic rings. The second-order valence-corrected chi connectivity index (χ2v) is 4.41. The van der Waals surface area contributed by atoms with Crippen molar-refractivity contribution in [3.05, 3.63) is 24.3 Å². The van der Waals surface area contributed by atoms with Crippen molar-refractivity contribution in [2.75, 3.05) is 31.6 Å². The molecule has 1 aliphatic heterocycles. The molecule has 1 aromatic carbocycles. The summed E-state index contributed by atoms with van der Waals surface area (Å²) in [5.74, 6) is 0.776. The lowest BCUT2D eigenvalue weighted by molar-refractivity contribution is -0.119. The number of benzene rings is 1. The van der Waals surface area contributed by atoms with E-state index in [9.17, 15) is 4.79 Å². The highest BCUT2D eigenvalue weighted by molar-refractivity contribution is 5.91. The van der Waals surface area contributed by atoms with Crippen LogP contribution in [0.25, 0.3) is 0 Å². The van der Waals surface area contributed by atoms with Crippen LogP contribution in [0.5, 0.6) is 5.75 Å². The first-order valence-corrected chi connectivity index (χ1v) is 6.63. The number of rotatable bonds is 5. The van der Waals surface area contributed by atoms with Gasteiger partial charge in [-0.05, 0) is 31.2 Å². The lowest BCUT2D eigenvalue weighted by Crippen LogP contribution is -2.40. The molecule has 0 aliphatic carbocycles. The Morgan fingerprint density at radius 2 is 2.20 bits per heavy atom. The standard InChI is InChI=1S/C14H20N2O3.ClH/c1-2-18-12-5-3-11(4-6-12)16-14(17)9-13-10-15-7-8-19-13;/h3-6,13,15H,2,7-10H2,1H3,(H,16,17);1H. The van der Waals surface area contributed by atoms with Crippen molar-refractivity contribution >= 4 is 24.0 Å². The van der Waals surface area contributed by atoms with Crippen molar-refractivity contribution in [1.29, 1.82) is 0 Å². The van der Waals surface area contributed by atoms with E-state index in [0.717, 1.165) is 24.5 Å². The van der Waals surface area contributed by atoms with Crippen molar-refractivity contribution in [3.8, 4) is 5.75 Å². The third kappa shape index (κ3) is 5.36. The van der Waals surface area contributed by atoms with Gasteiger partial charge in [-0.1, -0.05) is 0 Å². The fourth-order valence-corrected chi connectivity index (χ4v) is 1.97. The predicted molar refractivity (Wildman–Crippen MR) is 80.7 cm³/mol. The third-order valence-electron chi connectivity index (χ3n) is 2.87. The van der Waals surface area contributed by atoms with Gasteiger partial charge in [0.25, 0.3) is 0 Å². The van der Waals surface area contributed by atoms with E-state index in [1.165, 1.54) is 0 Å². The van der Waals surface area contributed by atoms with E-state index in [2.05, 4.69) is 10.6 Å². The zero-order valence-electron chi connectivity index (χ0n) is 11.6. The molecule has 1 saturated heterocycles. The molecule has 2 N–H and O–H groups in total. The van der Waals surface area contributed by atoms with Crippen molar-refractivity contribution in [1.82, 2.24) is 5.32 Å². The summed E-state index contributed by atoms with van der Waals surface area (Å²) in [7, 11) is 0. The Morgan fingerprint density at radius 3 is 2.80 bits per heavy atom. The quantitative estimate of drug-likeness (QED) is 0.871. The van der Waals surface area contributed by atoms with Crippen LogP contribution in [-0.4, -0.2) is 38.3 Å². The van der Waals surface area contributed by atoms with Crippen molar-refractivity contribution in [2.45, 2.75) is 19.4 Å². The van der Waals surface area contributed by atoms with Gasteiger partial charge in [-0.2, -0.15) is 0 Å². The van der Waals surface area contributed by atoms with Gasteiger partial charge in [0, 0.05) is 18.8 Å². The Hall–Kier alpha value is -1.30. The SMILES string of the molecule is CCOc1ccc(NC(=O)CC2CNCCO2)cc1.Cl. The van der Waals surface area contributed by atoms with E-state index < -0.39 is 0 Å². The molecular formula is C14H21ClN2O3. The fraction of sp³-hybridized carbons (Fsp3) is 0.500. The molecule has 0 aromatic heterocycles. The Bertz CT molecular complexity index is 405. The number of morpholine rings is 1. The number of anilines is 1. The summed E-state index contributed by atoms with van der Waals surface area (Å²) in [6.07, 6.45) is 0.344. The Kier molecular flexibility index (Phi) is 7.36. The molecule has 0 radical (unpaired) electrons.